The minimum Gasteiger partial charge on any atom is -0.384 e. The molecule has 1 atom stereocenters. The summed E-state index contributed by atoms with van der Waals surface area (Å²) in [6.45, 7) is 3.04. The van der Waals surface area contributed by atoms with Crippen molar-refractivity contribution in [2.45, 2.75) is 31.7 Å². The molecule has 0 radical (unpaired) electrons. The first-order valence-electron chi connectivity index (χ1n) is 3.94. The van der Waals surface area contributed by atoms with Crippen LogP contribution < -0.4 is 5.73 Å². The molecule has 0 bridgehead atoms. The van der Waals surface area contributed by atoms with E-state index in [9.17, 15) is 0 Å². The van der Waals surface area contributed by atoms with Gasteiger partial charge in [0, 0.05) is 19.3 Å². The molecular weight excluding hydrogens is 126 g/mol. The van der Waals surface area contributed by atoms with E-state index in [0.29, 0.717) is 5.92 Å². The van der Waals surface area contributed by atoms with Crippen LogP contribution in [-0.4, -0.2) is 19.3 Å². The summed E-state index contributed by atoms with van der Waals surface area (Å²) in [6.07, 6.45) is 3.54. The SMILES string of the molecule is COCC(C)CC1(N)CC1. The van der Waals surface area contributed by atoms with E-state index in [-0.39, 0.29) is 5.54 Å². The third-order valence-corrected chi connectivity index (χ3v) is 2.10. The summed E-state index contributed by atoms with van der Waals surface area (Å²) in [7, 11) is 1.74. The second-order valence-electron chi connectivity index (χ2n) is 3.63. The molecule has 0 aromatic rings. The maximum Gasteiger partial charge on any atom is 0.0488 e. The molecule has 2 heteroatoms. The molecule has 0 amide bonds. The van der Waals surface area contributed by atoms with E-state index in [4.69, 9.17) is 10.5 Å². The summed E-state index contributed by atoms with van der Waals surface area (Å²) in [5.41, 5.74) is 6.11. The van der Waals surface area contributed by atoms with Gasteiger partial charge in [-0.3, -0.25) is 0 Å². The topological polar surface area (TPSA) is 35.2 Å². The Kier molecular flexibility index (Phi) is 2.32. The minimum absolute atomic E-state index is 0.192. The van der Waals surface area contributed by atoms with Gasteiger partial charge in [0.05, 0.1) is 0 Å². The van der Waals surface area contributed by atoms with Crippen LogP contribution in [0.5, 0.6) is 0 Å². The summed E-state index contributed by atoms with van der Waals surface area (Å²) < 4.78 is 5.02. The highest BCUT2D eigenvalue weighted by Crippen LogP contribution is 2.37. The molecule has 1 fully saturated rings. The van der Waals surface area contributed by atoms with Crippen molar-refractivity contribution in [3.63, 3.8) is 0 Å². The van der Waals surface area contributed by atoms with Gasteiger partial charge in [0.25, 0.3) is 0 Å². The smallest absolute Gasteiger partial charge is 0.0488 e. The molecule has 1 unspecified atom stereocenters. The van der Waals surface area contributed by atoms with Crippen LogP contribution >= 0.6 is 0 Å². The van der Waals surface area contributed by atoms with Gasteiger partial charge in [-0.1, -0.05) is 6.92 Å². The van der Waals surface area contributed by atoms with Gasteiger partial charge in [0.2, 0.25) is 0 Å². The highest BCUT2D eigenvalue weighted by molar-refractivity contribution is 4.99. The normalized spacial score (nSPS) is 24.3. The van der Waals surface area contributed by atoms with Crippen molar-refractivity contribution >= 4 is 0 Å². The zero-order valence-electron chi connectivity index (χ0n) is 6.89. The Hall–Kier alpha value is -0.0800. The molecule has 1 rings (SSSR count). The van der Waals surface area contributed by atoms with E-state index in [1.54, 1.807) is 7.11 Å². The maximum absolute atomic E-state index is 5.92. The molecular formula is C8H17NO. The molecule has 1 saturated carbocycles. The van der Waals surface area contributed by atoms with Gasteiger partial charge in [0.1, 0.15) is 0 Å². The summed E-state index contributed by atoms with van der Waals surface area (Å²) in [4.78, 5) is 0. The van der Waals surface area contributed by atoms with Crippen molar-refractivity contribution in [1.82, 2.24) is 0 Å². The Morgan fingerprint density at radius 3 is 2.60 bits per heavy atom. The summed E-state index contributed by atoms with van der Waals surface area (Å²) >= 11 is 0. The first kappa shape index (κ1) is 8.02. The third kappa shape index (κ3) is 2.27. The molecule has 0 aromatic carbocycles. The van der Waals surface area contributed by atoms with E-state index in [2.05, 4.69) is 6.92 Å². The van der Waals surface area contributed by atoms with Crippen molar-refractivity contribution in [1.29, 1.82) is 0 Å². The lowest BCUT2D eigenvalue weighted by Crippen LogP contribution is -2.25. The highest BCUT2D eigenvalue weighted by Gasteiger charge is 2.38. The van der Waals surface area contributed by atoms with Gasteiger partial charge in [-0.2, -0.15) is 0 Å². The second-order valence-corrected chi connectivity index (χ2v) is 3.63. The van der Waals surface area contributed by atoms with Gasteiger partial charge in [-0.15, -0.1) is 0 Å². The van der Waals surface area contributed by atoms with Gasteiger partial charge < -0.3 is 10.5 Å². The van der Waals surface area contributed by atoms with Crippen LogP contribution in [0.1, 0.15) is 26.2 Å². The Bertz CT molecular complexity index is 110. The zero-order valence-corrected chi connectivity index (χ0v) is 6.89. The number of hydrogen-bond donors (Lipinski definition) is 1. The fraction of sp³-hybridized carbons (Fsp3) is 1.00. The van der Waals surface area contributed by atoms with Crippen molar-refractivity contribution < 1.29 is 4.74 Å². The number of ether oxygens (including phenoxy) is 1. The summed E-state index contributed by atoms with van der Waals surface area (Å²) in [5, 5.41) is 0. The average Bonchev–Trinajstić information content (AvgIpc) is 2.48. The Labute approximate surface area is 62.7 Å². The first-order chi connectivity index (χ1) is 4.66. The number of nitrogens with two attached hydrogens (primary N) is 1. The lowest BCUT2D eigenvalue weighted by Gasteiger charge is -2.14. The van der Waals surface area contributed by atoms with Crippen LogP contribution in [-0.2, 0) is 4.74 Å². The minimum atomic E-state index is 0.192. The van der Waals surface area contributed by atoms with Crippen molar-refractivity contribution in [2.75, 3.05) is 13.7 Å². The summed E-state index contributed by atoms with van der Waals surface area (Å²) in [6, 6.07) is 0. The molecule has 0 spiro atoms. The Morgan fingerprint density at radius 1 is 1.60 bits per heavy atom. The molecule has 0 saturated heterocycles. The molecule has 10 heavy (non-hydrogen) atoms. The molecule has 2 nitrogen and oxygen atoms in total. The van der Waals surface area contributed by atoms with Crippen molar-refractivity contribution in [3.05, 3.63) is 0 Å². The standard InChI is InChI=1S/C8H17NO/c1-7(6-10-2)5-8(9)3-4-8/h7H,3-6,9H2,1-2H3. The second kappa shape index (κ2) is 2.89. The van der Waals surface area contributed by atoms with E-state index >= 15 is 0 Å². The fourth-order valence-electron chi connectivity index (χ4n) is 1.40. The van der Waals surface area contributed by atoms with Crippen LogP contribution in [0.25, 0.3) is 0 Å². The van der Waals surface area contributed by atoms with E-state index in [0.717, 1.165) is 13.0 Å². The van der Waals surface area contributed by atoms with E-state index in [1.165, 1.54) is 12.8 Å². The van der Waals surface area contributed by atoms with E-state index in [1.807, 2.05) is 0 Å². The lowest BCUT2D eigenvalue weighted by molar-refractivity contribution is 0.150. The van der Waals surface area contributed by atoms with Crippen LogP contribution in [0, 0.1) is 5.92 Å². The van der Waals surface area contributed by atoms with Crippen LogP contribution in [0.15, 0.2) is 0 Å². The molecule has 60 valence electrons. The predicted octanol–water partition coefficient (Wildman–Crippen LogP) is 1.15. The predicted molar refractivity (Wildman–Crippen MR) is 41.8 cm³/mol. The van der Waals surface area contributed by atoms with Gasteiger partial charge in [-0.05, 0) is 25.2 Å². The van der Waals surface area contributed by atoms with Gasteiger partial charge in [0.15, 0.2) is 0 Å². The van der Waals surface area contributed by atoms with Crippen molar-refractivity contribution in [3.8, 4) is 0 Å². The molecule has 0 aromatic heterocycles. The summed E-state index contributed by atoms with van der Waals surface area (Å²) in [5.74, 6) is 0.623. The molecule has 0 heterocycles. The van der Waals surface area contributed by atoms with Crippen LogP contribution in [0.3, 0.4) is 0 Å². The van der Waals surface area contributed by atoms with Crippen LogP contribution in [0.4, 0.5) is 0 Å². The first-order valence-corrected chi connectivity index (χ1v) is 3.94. The number of methoxy groups -OCH3 is 1. The molecule has 1 aliphatic carbocycles. The molecule has 2 N–H and O–H groups in total. The lowest BCUT2D eigenvalue weighted by atomic mass is 10.0. The largest absolute Gasteiger partial charge is 0.384 e. The Morgan fingerprint density at radius 2 is 2.20 bits per heavy atom. The molecule has 0 aliphatic heterocycles. The third-order valence-electron chi connectivity index (χ3n) is 2.10. The number of hydrogen-bond acceptors (Lipinski definition) is 2. The molecule has 1 aliphatic rings. The van der Waals surface area contributed by atoms with Gasteiger partial charge >= 0.3 is 0 Å². The number of rotatable bonds is 4. The monoisotopic (exact) mass is 143 g/mol. The van der Waals surface area contributed by atoms with Crippen LogP contribution in [0.2, 0.25) is 0 Å². The quantitative estimate of drug-likeness (QED) is 0.640. The fourth-order valence-corrected chi connectivity index (χ4v) is 1.40. The van der Waals surface area contributed by atoms with E-state index < -0.39 is 0 Å². The Balaban J connectivity index is 2.11. The zero-order chi connectivity index (χ0) is 7.61. The maximum atomic E-state index is 5.92. The average molecular weight is 143 g/mol. The van der Waals surface area contributed by atoms with Crippen molar-refractivity contribution in [2.24, 2.45) is 11.7 Å². The van der Waals surface area contributed by atoms with Gasteiger partial charge in [-0.25, -0.2) is 0 Å². The highest BCUT2D eigenvalue weighted by atomic mass is 16.5.